The van der Waals surface area contributed by atoms with E-state index in [2.05, 4.69) is 50.3 Å². The van der Waals surface area contributed by atoms with Crippen LogP contribution in [0.15, 0.2) is 10.6 Å². The Morgan fingerprint density at radius 3 is 2.29 bits per heavy atom. The minimum atomic E-state index is -0.998. The molecule has 14 heavy (non-hydrogen) atoms. The zero-order chi connectivity index (χ0) is 11.0. The molecule has 0 atom stereocenters. The predicted octanol–water partition coefficient (Wildman–Crippen LogP) is 4.64. The van der Waals surface area contributed by atoms with Crippen LogP contribution in [0.4, 0.5) is 0 Å². The molecule has 0 radical (unpaired) electrons. The first-order valence-electron chi connectivity index (χ1n) is 5.33. The third-order valence-corrected chi connectivity index (χ3v) is 5.11. The molecule has 3 heteroatoms. The van der Waals surface area contributed by atoms with Gasteiger partial charge in [0.25, 0.3) is 0 Å². The van der Waals surface area contributed by atoms with Crippen LogP contribution in [-0.2, 0) is 0 Å². The molecule has 0 aromatic heterocycles. The summed E-state index contributed by atoms with van der Waals surface area (Å²) in [7, 11) is -0.998. The van der Waals surface area contributed by atoms with Gasteiger partial charge in [-0.05, 0) is 35.5 Å². The molecule has 0 amide bonds. The number of rotatable bonds is 7. The first-order chi connectivity index (χ1) is 6.49. The second-order valence-electron chi connectivity index (χ2n) is 4.53. The quantitative estimate of drug-likeness (QED) is 0.475. The Balaban J connectivity index is 3.85. The molecule has 0 fully saturated rings. The van der Waals surface area contributed by atoms with Crippen molar-refractivity contribution in [3.63, 3.8) is 0 Å². The molecule has 0 rings (SSSR count). The largest absolute Gasteiger partial charge is 0.165 e. The van der Waals surface area contributed by atoms with Gasteiger partial charge in [0.2, 0.25) is 0 Å². The molecule has 0 bridgehead atoms. The van der Waals surface area contributed by atoms with Crippen LogP contribution in [0, 0.1) is 0 Å². The number of allylic oxidation sites excluding steroid dienone is 1. The van der Waals surface area contributed by atoms with Crippen molar-refractivity contribution in [3.05, 3.63) is 10.6 Å². The molecule has 0 nitrogen and oxygen atoms in total. The van der Waals surface area contributed by atoms with Crippen molar-refractivity contribution < 1.29 is 0 Å². The molecule has 0 saturated heterocycles. The average Bonchev–Trinajstić information content (AvgIpc) is 2.08. The van der Waals surface area contributed by atoms with Crippen LogP contribution in [-0.4, -0.2) is 25.8 Å². The summed E-state index contributed by atoms with van der Waals surface area (Å²) in [6.45, 7) is 9.49. The highest BCUT2D eigenvalue weighted by Crippen LogP contribution is 2.23. The van der Waals surface area contributed by atoms with Gasteiger partial charge in [-0.1, -0.05) is 32.3 Å². The first kappa shape index (κ1) is 14.7. The van der Waals surface area contributed by atoms with Gasteiger partial charge < -0.3 is 0 Å². The Labute approximate surface area is 99.3 Å². The number of hydrogen-bond donors (Lipinski definition) is 0. The maximum Gasteiger partial charge on any atom is 0.0697 e. The molecule has 84 valence electrons. The van der Waals surface area contributed by atoms with Crippen LogP contribution in [0.3, 0.4) is 0 Å². The Kier molecular flexibility index (Phi) is 8.26. The summed E-state index contributed by atoms with van der Waals surface area (Å²) in [5, 5.41) is 0. The molecule has 0 aromatic rings. The van der Waals surface area contributed by atoms with E-state index in [1.807, 2.05) is 11.8 Å². The van der Waals surface area contributed by atoms with Crippen molar-refractivity contribution in [3.8, 4) is 0 Å². The molecule has 0 unspecified atom stereocenters. The molecular weight excluding hydrogens is 224 g/mol. The lowest BCUT2D eigenvalue weighted by Gasteiger charge is -2.13. The predicted molar refractivity (Wildman–Crippen MR) is 77.2 cm³/mol. The zero-order valence-electron chi connectivity index (χ0n) is 10.2. The van der Waals surface area contributed by atoms with E-state index in [9.17, 15) is 0 Å². The van der Waals surface area contributed by atoms with Crippen LogP contribution in [0.1, 0.15) is 19.8 Å². The molecule has 0 saturated carbocycles. The van der Waals surface area contributed by atoms with Crippen LogP contribution in [0.5, 0.6) is 0 Å². The summed E-state index contributed by atoms with van der Waals surface area (Å²) in [5.74, 6) is 2.60. The summed E-state index contributed by atoms with van der Waals surface area (Å²) in [6.07, 6.45) is 4.74. The van der Waals surface area contributed by atoms with E-state index in [1.165, 1.54) is 24.3 Å². The van der Waals surface area contributed by atoms with Gasteiger partial charge in [-0.15, -0.1) is 11.8 Å². The van der Waals surface area contributed by atoms with Gasteiger partial charge in [-0.3, -0.25) is 0 Å². The monoisotopic (exact) mass is 248 g/mol. The van der Waals surface area contributed by atoms with Crippen LogP contribution in [0.25, 0.3) is 0 Å². The van der Waals surface area contributed by atoms with E-state index in [0.29, 0.717) is 0 Å². The molecule has 0 aliphatic heterocycles. The van der Waals surface area contributed by atoms with Gasteiger partial charge in [0.1, 0.15) is 0 Å². The van der Waals surface area contributed by atoms with E-state index >= 15 is 0 Å². The maximum atomic E-state index is 2.55. The molecule has 0 aromatic carbocycles. The third-order valence-electron chi connectivity index (χ3n) is 1.72. The number of hydrogen-bond acceptors (Lipinski definition) is 2. The number of thioether (sulfide) groups is 2. The fourth-order valence-corrected chi connectivity index (χ4v) is 5.07. The maximum absolute atomic E-state index is 2.55. The van der Waals surface area contributed by atoms with Gasteiger partial charge in [0.05, 0.1) is 8.07 Å². The van der Waals surface area contributed by atoms with Crippen LogP contribution >= 0.6 is 23.5 Å². The Morgan fingerprint density at radius 2 is 1.86 bits per heavy atom. The minimum Gasteiger partial charge on any atom is -0.165 e. The van der Waals surface area contributed by atoms with E-state index in [0.717, 1.165) is 0 Å². The molecule has 0 spiro atoms. The first-order valence-corrected chi connectivity index (χ1v) is 11.3. The zero-order valence-corrected chi connectivity index (χ0v) is 12.9. The lowest BCUT2D eigenvalue weighted by molar-refractivity contribution is 1.12. The molecule has 0 N–H and O–H groups in total. The van der Waals surface area contributed by atoms with Crippen molar-refractivity contribution in [2.24, 2.45) is 0 Å². The van der Waals surface area contributed by atoms with Crippen LogP contribution < -0.4 is 0 Å². The lowest BCUT2D eigenvalue weighted by Crippen LogP contribution is -2.16. The molecule has 0 aliphatic rings. The topological polar surface area (TPSA) is 0 Å². The lowest BCUT2D eigenvalue weighted by atomic mass is 10.5. The minimum absolute atomic E-state index is 0.998. The third kappa shape index (κ3) is 9.22. The Morgan fingerprint density at radius 1 is 1.21 bits per heavy atom. The average molecular weight is 249 g/mol. The fourth-order valence-electron chi connectivity index (χ4n) is 1.14. The van der Waals surface area contributed by atoms with Gasteiger partial charge in [-0.2, -0.15) is 11.8 Å². The molecule has 0 heterocycles. The van der Waals surface area contributed by atoms with E-state index in [1.54, 1.807) is 4.91 Å². The van der Waals surface area contributed by atoms with Crippen LogP contribution in [0.2, 0.25) is 19.6 Å². The van der Waals surface area contributed by atoms with E-state index in [4.69, 9.17) is 0 Å². The van der Waals surface area contributed by atoms with E-state index in [-0.39, 0.29) is 0 Å². The Bertz CT molecular complexity index is 171. The van der Waals surface area contributed by atoms with Crippen molar-refractivity contribution in [2.75, 3.05) is 17.8 Å². The Hall–Kier alpha value is 0.657. The summed E-state index contributed by atoms with van der Waals surface area (Å²) in [6, 6.07) is 0. The summed E-state index contributed by atoms with van der Waals surface area (Å²) < 4.78 is 0. The van der Waals surface area contributed by atoms with E-state index < -0.39 is 8.07 Å². The standard InChI is InChI=1S/C11H24S2Si/c1-6-11(10-14(3,4)5)13-9-7-8-12-2/h10H,6-9H2,1-5H3/b11-10+. The highest BCUT2D eigenvalue weighted by atomic mass is 32.2. The highest BCUT2D eigenvalue weighted by molar-refractivity contribution is 8.03. The van der Waals surface area contributed by atoms with Gasteiger partial charge in [-0.25, -0.2) is 0 Å². The van der Waals surface area contributed by atoms with Crippen molar-refractivity contribution >= 4 is 31.6 Å². The van der Waals surface area contributed by atoms with Gasteiger partial charge >= 0.3 is 0 Å². The summed E-state index contributed by atoms with van der Waals surface area (Å²) >= 11 is 4.02. The van der Waals surface area contributed by atoms with Crippen molar-refractivity contribution in [2.45, 2.75) is 39.4 Å². The summed E-state index contributed by atoms with van der Waals surface area (Å²) in [5.41, 5.74) is 2.55. The highest BCUT2D eigenvalue weighted by Gasteiger charge is 2.10. The van der Waals surface area contributed by atoms with Gasteiger partial charge in [0.15, 0.2) is 0 Å². The second kappa shape index (κ2) is 7.89. The molecule has 0 aliphatic carbocycles. The van der Waals surface area contributed by atoms with Crippen molar-refractivity contribution in [1.29, 1.82) is 0 Å². The SMILES string of the molecule is CC/C(=C\[Si](C)(C)C)SCCCSC. The normalized spacial score (nSPS) is 13.4. The second-order valence-corrected chi connectivity index (χ2v) is 11.8. The fraction of sp³-hybridized carbons (Fsp3) is 0.818. The molecular formula is C11H24S2Si. The van der Waals surface area contributed by atoms with Gasteiger partial charge in [0, 0.05) is 0 Å². The summed E-state index contributed by atoms with van der Waals surface area (Å²) in [4.78, 5) is 1.62. The smallest absolute Gasteiger partial charge is 0.0697 e. The van der Waals surface area contributed by atoms with Crippen molar-refractivity contribution in [1.82, 2.24) is 0 Å².